The van der Waals surface area contributed by atoms with E-state index in [0.29, 0.717) is 18.1 Å². The minimum Gasteiger partial charge on any atom is -0.462 e. The van der Waals surface area contributed by atoms with Gasteiger partial charge < -0.3 is 15.4 Å². The lowest BCUT2D eigenvalue weighted by Crippen LogP contribution is -2.05. The van der Waals surface area contributed by atoms with Gasteiger partial charge in [0.15, 0.2) is 0 Å². The lowest BCUT2D eigenvalue weighted by atomic mass is 10.2. The van der Waals surface area contributed by atoms with E-state index in [1.54, 1.807) is 44.6 Å². The molecule has 1 aromatic heterocycles. The summed E-state index contributed by atoms with van der Waals surface area (Å²) in [5.74, 6) is 0.118. The summed E-state index contributed by atoms with van der Waals surface area (Å²) in [6.45, 7) is 2.13. The van der Waals surface area contributed by atoms with Gasteiger partial charge in [-0.3, -0.25) is 0 Å². The van der Waals surface area contributed by atoms with E-state index in [2.05, 4.69) is 20.6 Å². The van der Waals surface area contributed by atoms with Crippen molar-refractivity contribution in [1.82, 2.24) is 9.97 Å². The molecule has 6 heteroatoms. The monoisotopic (exact) mass is 272 g/mol. The molecule has 0 bridgehead atoms. The molecule has 0 saturated heterocycles. The van der Waals surface area contributed by atoms with E-state index in [1.807, 2.05) is 6.07 Å². The van der Waals surface area contributed by atoms with Crippen molar-refractivity contribution in [3.8, 4) is 0 Å². The number of nitrogens with one attached hydrogen (secondary N) is 2. The van der Waals surface area contributed by atoms with Crippen molar-refractivity contribution >= 4 is 23.3 Å². The zero-order valence-electron chi connectivity index (χ0n) is 11.4. The average Bonchev–Trinajstić information content (AvgIpc) is 2.48. The van der Waals surface area contributed by atoms with Gasteiger partial charge in [-0.1, -0.05) is 6.07 Å². The molecule has 1 heterocycles. The zero-order valence-corrected chi connectivity index (χ0v) is 11.4. The van der Waals surface area contributed by atoms with Crippen molar-refractivity contribution in [2.45, 2.75) is 6.92 Å². The number of nitrogens with zero attached hydrogens (tertiary/aromatic N) is 2. The van der Waals surface area contributed by atoms with Crippen LogP contribution in [0.15, 0.2) is 36.7 Å². The Morgan fingerprint density at radius 1 is 1.25 bits per heavy atom. The van der Waals surface area contributed by atoms with E-state index in [4.69, 9.17) is 4.74 Å². The van der Waals surface area contributed by atoms with Crippen molar-refractivity contribution in [3.63, 3.8) is 0 Å². The van der Waals surface area contributed by atoms with E-state index in [0.717, 1.165) is 11.4 Å². The molecule has 2 aromatic rings. The fraction of sp³-hybridized carbons (Fsp3) is 0.214. The van der Waals surface area contributed by atoms with Gasteiger partial charge in [-0.05, 0) is 25.1 Å². The largest absolute Gasteiger partial charge is 0.462 e. The van der Waals surface area contributed by atoms with Crippen LogP contribution in [0, 0.1) is 0 Å². The Hall–Kier alpha value is -2.63. The summed E-state index contributed by atoms with van der Waals surface area (Å²) in [6, 6.07) is 7.01. The molecule has 0 aliphatic heterocycles. The predicted octanol–water partition coefficient (Wildman–Crippen LogP) is 2.44. The van der Waals surface area contributed by atoms with E-state index >= 15 is 0 Å². The van der Waals surface area contributed by atoms with Crippen LogP contribution in [0.3, 0.4) is 0 Å². The van der Waals surface area contributed by atoms with Crippen LogP contribution in [0.5, 0.6) is 0 Å². The minimum absolute atomic E-state index is 0.345. The SMILES string of the molecule is CCOC(=O)c1cccc(Nc2ncc(NC)cn2)c1. The number of anilines is 3. The second kappa shape index (κ2) is 6.51. The maximum Gasteiger partial charge on any atom is 0.338 e. The number of hydrogen-bond donors (Lipinski definition) is 2. The molecule has 0 spiro atoms. The topological polar surface area (TPSA) is 76.1 Å². The highest BCUT2D eigenvalue weighted by atomic mass is 16.5. The Morgan fingerprint density at radius 2 is 2.00 bits per heavy atom. The van der Waals surface area contributed by atoms with Crippen LogP contribution in [0.1, 0.15) is 17.3 Å². The Bertz CT molecular complexity index is 584. The van der Waals surface area contributed by atoms with Crippen molar-refractivity contribution in [3.05, 3.63) is 42.2 Å². The molecule has 0 radical (unpaired) electrons. The molecular formula is C14H16N4O2. The summed E-state index contributed by atoms with van der Waals surface area (Å²) in [7, 11) is 1.80. The number of carbonyl (C=O) groups excluding carboxylic acids is 1. The van der Waals surface area contributed by atoms with Crippen molar-refractivity contribution in [2.75, 3.05) is 24.3 Å². The molecule has 6 nitrogen and oxygen atoms in total. The Labute approximate surface area is 117 Å². The molecule has 0 unspecified atom stereocenters. The van der Waals surface area contributed by atoms with Gasteiger partial charge in [0.2, 0.25) is 5.95 Å². The quantitative estimate of drug-likeness (QED) is 0.814. The van der Waals surface area contributed by atoms with Gasteiger partial charge in [-0.15, -0.1) is 0 Å². The predicted molar refractivity (Wildman–Crippen MR) is 77.3 cm³/mol. The minimum atomic E-state index is -0.345. The van der Waals surface area contributed by atoms with Crippen LogP contribution >= 0.6 is 0 Å². The van der Waals surface area contributed by atoms with Crippen molar-refractivity contribution in [2.24, 2.45) is 0 Å². The van der Waals surface area contributed by atoms with Crippen LogP contribution < -0.4 is 10.6 Å². The molecule has 104 valence electrons. The van der Waals surface area contributed by atoms with Crippen LogP contribution in [0.4, 0.5) is 17.3 Å². The van der Waals surface area contributed by atoms with Crippen molar-refractivity contribution < 1.29 is 9.53 Å². The zero-order chi connectivity index (χ0) is 14.4. The molecule has 0 aliphatic rings. The summed E-state index contributed by atoms with van der Waals surface area (Å²) in [5, 5.41) is 5.98. The lowest BCUT2D eigenvalue weighted by Gasteiger charge is -2.07. The summed E-state index contributed by atoms with van der Waals surface area (Å²) in [5.41, 5.74) is 2.05. The normalized spacial score (nSPS) is 9.90. The fourth-order valence-electron chi connectivity index (χ4n) is 1.59. The highest BCUT2D eigenvalue weighted by Gasteiger charge is 2.07. The average molecular weight is 272 g/mol. The van der Waals surface area contributed by atoms with E-state index < -0.39 is 0 Å². The first-order chi connectivity index (χ1) is 9.72. The first-order valence-corrected chi connectivity index (χ1v) is 6.27. The first kappa shape index (κ1) is 13.8. The number of hydrogen-bond acceptors (Lipinski definition) is 6. The van der Waals surface area contributed by atoms with Crippen molar-refractivity contribution in [1.29, 1.82) is 0 Å². The molecule has 1 aromatic carbocycles. The lowest BCUT2D eigenvalue weighted by molar-refractivity contribution is 0.0526. The van der Waals surface area contributed by atoms with Gasteiger partial charge >= 0.3 is 5.97 Å². The first-order valence-electron chi connectivity index (χ1n) is 6.27. The number of benzene rings is 1. The molecule has 0 saturated carbocycles. The summed E-state index contributed by atoms with van der Waals surface area (Å²) < 4.78 is 4.96. The molecule has 20 heavy (non-hydrogen) atoms. The Kier molecular flexibility index (Phi) is 4.49. The smallest absolute Gasteiger partial charge is 0.338 e. The highest BCUT2D eigenvalue weighted by molar-refractivity contribution is 5.90. The number of esters is 1. The van der Waals surface area contributed by atoms with Gasteiger partial charge in [-0.25, -0.2) is 14.8 Å². The van der Waals surface area contributed by atoms with Gasteiger partial charge in [0.05, 0.1) is 30.3 Å². The Morgan fingerprint density at radius 3 is 2.65 bits per heavy atom. The molecule has 2 rings (SSSR count). The number of ether oxygens (including phenoxy) is 1. The number of carbonyl (C=O) groups is 1. The van der Waals surface area contributed by atoms with Gasteiger partial charge in [0.25, 0.3) is 0 Å². The van der Waals surface area contributed by atoms with Gasteiger partial charge in [0.1, 0.15) is 0 Å². The van der Waals surface area contributed by atoms with Crippen LogP contribution in [-0.2, 0) is 4.74 Å². The highest BCUT2D eigenvalue weighted by Crippen LogP contribution is 2.16. The third kappa shape index (κ3) is 3.44. The molecular weight excluding hydrogens is 256 g/mol. The Balaban J connectivity index is 2.12. The second-order valence-corrected chi connectivity index (χ2v) is 3.97. The number of rotatable bonds is 5. The molecule has 0 atom stereocenters. The van der Waals surface area contributed by atoms with Gasteiger partial charge in [0, 0.05) is 12.7 Å². The van der Waals surface area contributed by atoms with E-state index in [-0.39, 0.29) is 5.97 Å². The van der Waals surface area contributed by atoms with Crippen LogP contribution in [0.2, 0.25) is 0 Å². The van der Waals surface area contributed by atoms with E-state index in [1.165, 1.54) is 0 Å². The fourth-order valence-corrected chi connectivity index (χ4v) is 1.59. The molecule has 0 fully saturated rings. The molecule has 0 amide bonds. The second-order valence-electron chi connectivity index (χ2n) is 3.97. The standard InChI is InChI=1S/C14H16N4O2/c1-3-20-13(19)10-5-4-6-11(7-10)18-14-16-8-12(15-2)9-17-14/h4-9,15H,3H2,1-2H3,(H,16,17,18). The van der Waals surface area contributed by atoms with Crippen LogP contribution in [-0.4, -0.2) is 29.6 Å². The third-order valence-electron chi connectivity index (χ3n) is 2.57. The van der Waals surface area contributed by atoms with Gasteiger partial charge in [-0.2, -0.15) is 0 Å². The van der Waals surface area contributed by atoms with Crippen LogP contribution in [0.25, 0.3) is 0 Å². The maximum atomic E-state index is 11.6. The molecule has 0 aliphatic carbocycles. The third-order valence-corrected chi connectivity index (χ3v) is 2.57. The molecule has 2 N–H and O–H groups in total. The maximum absolute atomic E-state index is 11.6. The summed E-state index contributed by atoms with van der Waals surface area (Å²) in [6.07, 6.45) is 3.34. The summed E-state index contributed by atoms with van der Waals surface area (Å²) in [4.78, 5) is 20.0. The number of aromatic nitrogens is 2. The van der Waals surface area contributed by atoms with E-state index in [9.17, 15) is 4.79 Å². The summed E-state index contributed by atoms with van der Waals surface area (Å²) >= 11 is 0.